The molecule has 1 aromatic heterocycles. The molecule has 9 heteroatoms. The number of carbonyl (C=O) groups excluding carboxylic acids is 1. The fourth-order valence-corrected chi connectivity index (χ4v) is 5.26. The van der Waals surface area contributed by atoms with Crippen molar-refractivity contribution >= 4 is 21.6 Å². The van der Waals surface area contributed by atoms with Gasteiger partial charge in [0, 0.05) is 37.6 Å². The summed E-state index contributed by atoms with van der Waals surface area (Å²) >= 11 is 0. The van der Waals surface area contributed by atoms with E-state index < -0.39 is 21.7 Å². The van der Waals surface area contributed by atoms with Gasteiger partial charge in [-0.2, -0.15) is 0 Å². The summed E-state index contributed by atoms with van der Waals surface area (Å²) in [5.74, 6) is -2.55. The fourth-order valence-electron chi connectivity index (χ4n) is 3.70. The van der Waals surface area contributed by atoms with E-state index in [1.165, 1.54) is 0 Å². The summed E-state index contributed by atoms with van der Waals surface area (Å²) in [7, 11) is -2.51. The average molecular weight is 426 g/mol. The van der Waals surface area contributed by atoms with E-state index in [-0.39, 0.29) is 22.1 Å². The van der Waals surface area contributed by atoms with E-state index in [9.17, 15) is 22.0 Å². The number of carbonyl (C=O) groups is 1. The van der Waals surface area contributed by atoms with E-state index in [2.05, 4.69) is 4.72 Å². The molecule has 1 aliphatic rings. The van der Waals surface area contributed by atoms with E-state index in [0.717, 1.165) is 43.9 Å². The summed E-state index contributed by atoms with van der Waals surface area (Å²) in [4.78, 5) is 14.8. The van der Waals surface area contributed by atoms with E-state index in [4.69, 9.17) is 0 Å². The molecule has 0 bridgehead atoms. The molecule has 3 rings (SSSR count). The van der Waals surface area contributed by atoms with Crippen LogP contribution < -0.4 is 4.72 Å². The van der Waals surface area contributed by atoms with Crippen molar-refractivity contribution in [1.82, 2.24) is 9.47 Å². The van der Waals surface area contributed by atoms with Crippen LogP contribution in [0.5, 0.6) is 0 Å². The second-order valence-electron chi connectivity index (χ2n) is 7.37. The molecule has 0 radical (unpaired) electrons. The Morgan fingerprint density at radius 2 is 1.62 bits per heavy atom. The highest BCUT2D eigenvalue weighted by Gasteiger charge is 2.33. The monoisotopic (exact) mass is 425 g/mol. The topological polar surface area (TPSA) is 71.4 Å². The number of amides is 1. The molecule has 6 nitrogen and oxygen atoms in total. The number of anilines is 1. The maximum absolute atomic E-state index is 13.5. The SMILES string of the molecule is Cc1c(C(=O)N2CCCCCC2)c(S(=O)(=O)Nc2ccc(F)c(F)c2)c(C)n1C. The Balaban J connectivity index is 2.04. The van der Waals surface area contributed by atoms with Crippen molar-refractivity contribution in [1.29, 1.82) is 0 Å². The van der Waals surface area contributed by atoms with Gasteiger partial charge in [-0.1, -0.05) is 12.8 Å². The van der Waals surface area contributed by atoms with Crippen LogP contribution in [0.25, 0.3) is 0 Å². The number of likely N-dealkylation sites (tertiary alicyclic amines) is 1. The third kappa shape index (κ3) is 4.14. The highest BCUT2D eigenvalue weighted by atomic mass is 32.2. The highest BCUT2D eigenvalue weighted by molar-refractivity contribution is 7.92. The third-order valence-electron chi connectivity index (χ3n) is 5.47. The van der Waals surface area contributed by atoms with Gasteiger partial charge in [-0.3, -0.25) is 9.52 Å². The number of nitrogens with zero attached hydrogens (tertiary/aromatic N) is 2. The number of aromatic nitrogens is 1. The Morgan fingerprint density at radius 3 is 2.21 bits per heavy atom. The zero-order valence-corrected chi connectivity index (χ0v) is 17.6. The average Bonchev–Trinajstić information content (AvgIpc) is 2.87. The first-order chi connectivity index (χ1) is 13.6. The van der Waals surface area contributed by atoms with Gasteiger partial charge in [0.25, 0.3) is 15.9 Å². The van der Waals surface area contributed by atoms with E-state index >= 15 is 0 Å². The summed E-state index contributed by atoms with van der Waals surface area (Å²) in [5.41, 5.74) is 0.957. The predicted molar refractivity (Wildman–Crippen MR) is 106 cm³/mol. The lowest BCUT2D eigenvalue weighted by Crippen LogP contribution is -2.33. The zero-order valence-electron chi connectivity index (χ0n) is 16.8. The maximum atomic E-state index is 13.5. The number of rotatable bonds is 4. The number of halogens is 2. The lowest BCUT2D eigenvalue weighted by Gasteiger charge is -2.21. The molecular formula is C20H25F2N3O3S. The number of benzene rings is 1. The van der Waals surface area contributed by atoms with Gasteiger partial charge in [0.15, 0.2) is 11.6 Å². The lowest BCUT2D eigenvalue weighted by atomic mass is 10.2. The Hall–Kier alpha value is -2.42. The Bertz CT molecular complexity index is 1040. The standard InChI is InChI=1S/C20H25F2N3O3S/c1-13-18(20(26)25-10-6-4-5-7-11-25)19(14(2)24(13)3)29(27,28)23-15-8-9-16(21)17(22)12-15/h8-9,12,23H,4-7,10-11H2,1-3H3. The molecule has 1 aliphatic heterocycles. The summed E-state index contributed by atoms with van der Waals surface area (Å²) in [6, 6.07) is 2.76. The molecule has 2 heterocycles. The molecule has 0 aliphatic carbocycles. The molecule has 29 heavy (non-hydrogen) atoms. The second kappa shape index (κ2) is 8.14. The molecule has 1 saturated heterocycles. The van der Waals surface area contributed by atoms with Crippen LogP contribution >= 0.6 is 0 Å². The molecule has 2 aromatic rings. The summed E-state index contributed by atoms with van der Waals surface area (Å²) in [6.45, 7) is 4.49. The molecule has 1 N–H and O–H groups in total. The minimum absolute atomic E-state index is 0.113. The summed E-state index contributed by atoms with van der Waals surface area (Å²) < 4.78 is 56.9. The van der Waals surface area contributed by atoms with Crippen LogP contribution in [0.2, 0.25) is 0 Å². The molecule has 158 valence electrons. The highest BCUT2D eigenvalue weighted by Crippen LogP contribution is 2.30. The largest absolute Gasteiger partial charge is 0.350 e. The molecule has 0 spiro atoms. The van der Waals surface area contributed by atoms with Gasteiger partial charge in [0.05, 0.1) is 11.3 Å². The van der Waals surface area contributed by atoms with Crippen LogP contribution in [0.15, 0.2) is 23.1 Å². The molecule has 1 fully saturated rings. The molecule has 0 unspecified atom stereocenters. The number of sulfonamides is 1. The van der Waals surface area contributed by atoms with Gasteiger partial charge >= 0.3 is 0 Å². The number of hydrogen-bond donors (Lipinski definition) is 1. The van der Waals surface area contributed by atoms with Crippen molar-refractivity contribution in [2.24, 2.45) is 7.05 Å². The Morgan fingerprint density at radius 1 is 1.00 bits per heavy atom. The lowest BCUT2D eigenvalue weighted by molar-refractivity contribution is 0.0757. The van der Waals surface area contributed by atoms with Gasteiger partial charge < -0.3 is 9.47 Å². The fraction of sp³-hybridized carbons (Fsp3) is 0.450. The molecule has 1 amide bonds. The van der Waals surface area contributed by atoms with Crippen molar-refractivity contribution in [3.8, 4) is 0 Å². The van der Waals surface area contributed by atoms with Gasteiger partial charge in [-0.05, 0) is 38.8 Å². The predicted octanol–water partition coefficient (Wildman–Crippen LogP) is 3.74. The molecule has 0 atom stereocenters. The first kappa shape index (κ1) is 21.3. The van der Waals surface area contributed by atoms with Crippen molar-refractivity contribution in [3.05, 3.63) is 46.8 Å². The van der Waals surface area contributed by atoms with Crippen molar-refractivity contribution in [2.45, 2.75) is 44.4 Å². The van der Waals surface area contributed by atoms with Crippen molar-refractivity contribution in [2.75, 3.05) is 17.8 Å². The van der Waals surface area contributed by atoms with Crippen LogP contribution in [0.3, 0.4) is 0 Å². The number of hydrogen-bond acceptors (Lipinski definition) is 3. The van der Waals surface area contributed by atoms with E-state index in [1.54, 1.807) is 30.4 Å². The zero-order chi connectivity index (χ0) is 21.3. The maximum Gasteiger partial charge on any atom is 0.264 e. The summed E-state index contributed by atoms with van der Waals surface area (Å²) in [6.07, 6.45) is 3.84. The van der Waals surface area contributed by atoms with Crippen LogP contribution in [0.4, 0.5) is 14.5 Å². The van der Waals surface area contributed by atoms with Gasteiger partial charge in [-0.25, -0.2) is 17.2 Å². The van der Waals surface area contributed by atoms with Crippen LogP contribution in [0.1, 0.15) is 47.4 Å². The Kier molecular flexibility index (Phi) is 5.97. The summed E-state index contributed by atoms with van der Waals surface area (Å²) in [5, 5.41) is 0. The van der Waals surface area contributed by atoms with Gasteiger partial charge in [0.2, 0.25) is 0 Å². The minimum atomic E-state index is -4.21. The normalized spacial score (nSPS) is 15.3. The third-order valence-corrected chi connectivity index (χ3v) is 7.01. The van der Waals surface area contributed by atoms with Crippen LogP contribution in [0, 0.1) is 25.5 Å². The Labute approximate surface area is 169 Å². The molecular weight excluding hydrogens is 400 g/mol. The van der Waals surface area contributed by atoms with Crippen molar-refractivity contribution in [3.63, 3.8) is 0 Å². The minimum Gasteiger partial charge on any atom is -0.350 e. The molecule has 1 aromatic carbocycles. The van der Waals surface area contributed by atoms with Crippen LogP contribution in [-0.4, -0.2) is 36.9 Å². The first-order valence-corrected chi connectivity index (χ1v) is 11.0. The first-order valence-electron chi connectivity index (χ1n) is 9.56. The van der Waals surface area contributed by atoms with E-state index in [0.29, 0.717) is 24.5 Å². The molecule has 0 saturated carbocycles. The second-order valence-corrected chi connectivity index (χ2v) is 8.99. The quantitative estimate of drug-likeness (QED) is 0.811. The van der Waals surface area contributed by atoms with Crippen LogP contribution in [-0.2, 0) is 17.1 Å². The smallest absolute Gasteiger partial charge is 0.264 e. The van der Waals surface area contributed by atoms with Gasteiger partial charge in [0.1, 0.15) is 4.90 Å². The van der Waals surface area contributed by atoms with Gasteiger partial charge in [-0.15, -0.1) is 0 Å². The van der Waals surface area contributed by atoms with E-state index in [1.807, 2.05) is 0 Å². The van der Waals surface area contributed by atoms with Crippen molar-refractivity contribution < 1.29 is 22.0 Å². The number of nitrogens with one attached hydrogen (secondary N) is 1.